The van der Waals surface area contributed by atoms with E-state index in [1.165, 1.54) is 33.3 Å². The van der Waals surface area contributed by atoms with Gasteiger partial charge in [0.15, 0.2) is 0 Å². The Bertz CT molecular complexity index is 1470. The summed E-state index contributed by atoms with van der Waals surface area (Å²) in [6.45, 7) is 4.32. The first-order valence-electron chi connectivity index (χ1n) is 11.2. The van der Waals surface area contributed by atoms with Crippen LogP contribution >= 0.6 is 0 Å². The molecule has 0 saturated carbocycles. The van der Waals surface area contributed by atoms with Crippen LogP contribution in [-0.4, -0.2) is 19.2 Å². The Hall–Kier alpha value is -4.18. The van der Waals surface area contributed by atoms with Gasteiger partial charge >= 0.3 is 0 Å². The van der Waals surface area contributed by atoms with Crippen molar-refractivity contribution in [3.8, 4) is 22.5 Å². The van der Waals surface area contributed by atoms with Gasteiger partial charge in [0.05, 0.1) is 22.4 Å². The lowest BCUT2D eigenvalue weighted by Crippen LogP contribution is -1.95. The number of hydrogen-bond acceptors (Lipinski definition) is 2. The molecule has 6 aromatic rings. The highest BCUT2D eigenvalue weighted by Gasteiger charge is 2.22. The summed E-state index contributed by atoms with van der Waals surface area (Å²) in [7, 11) is 0. The molecule has 0 saturated heterocycles. The van der Waals surface area contributed by atoms with Crippen molar-refractivity contribution >= 4 is 11.0 Å². The van der Waals surface area contributed by atoms with E-state index in [0.717, 1.165) is 28.9 Å². The summed E-state index contributed by atoms with van der Waals surface area (Å²) in [6, 6.07) is 29.4. The second-order valence-electron chi connectivity index (χ2n) is 8.53. The van der Waals surface area contributed by atoms with Crippen LogP contribution in [0.2, 0.25) is 0 Å². The second kappa shape index (κ2) is 7.75. The molecule has 0 amide bonds. The zero-order chi connectivity index (χ0) is 22.4. The predicted molar refractivity (Wildman–Crippen MR) is 134 cm³/mol. The summed E-state index contributed by atoms with van der Waals surface area (Å²) in [5, 5.41) is 10.0. The van der Waals surface area contributed by atoms with Gasteiger partial charge in [-0.1, -0.05) is 72.8 Å². The van der Waals surface area contributed by atoms with Gasteiger partial charge in [-0.05, 0) is 37.1 Å². The first-order chi connectivity index (χ1) is 16.2. The summed E-state index contributed by atoms with van der Waals surface area (Å²) >= 11 is 0. The maximum Gasteiger partial charge on any atom is 0.0969 e. The SMILES string of the molecule is Cc1cccn2nc(-c3ccccc3)c(Cc3c(-c4ccccc4)nn4cccc(C)c34)c12. The topological polar surface area (TPSA) is 34.6 Å². The lowest BCUT2D eigenvalue weighted by atomic mass is 9.95. The highest BCUT2D eigenvalue weighted by molar-refractivity contribution is 5.80. The van der Waals surface area contributed by atoms with E-state index in [4.69, 9.17) is 10.2 Å². The van der Waals surface area contributed by atoms with Crippen LogP contribution < -0.4 is 0 Å². The maximum absolute atomic E-state index is 5.02. The summed E-state index contributed by atoms with van der Waals surface area (Å²) in [6.07, 6.45) is 4.83. The molecule has 4 heterocycles. The molecule has 4 nitrogen and oxygen atoms in total. The minimum atomic E-state index is 0.747. The maximum atomic E-state index is 5.02. The molecule has 33 heavy (non-hydrogen) atoms. The Morgan fingerprint density at radius 3 is 1.39 bits per heavy atom. The molecule has 0 aliphatic rings. The number of pyridine rings is 2. The number of fused-ring (bicyclic) bond motifs is 2. The molecule has 0 radical (unpaired) electrons. The minimum absolute atomic E-state index is 0.747. The van der Waals surface area contributed by atoms with Crippen molar-refractivity contribution in [2.75, 3.05) is 0 Å². The van der Waals surface area contributed by atoms with Gasteiger partial charge in [0.1, 0.15) is 0 Å². The second-order valence-corrected chi connectivity index (χ2v) is 8.53. The van der Waals surface area contributed by atoms with E-state index in [0.29, 0.717) is 0 Å². The number of aromatic nitrogens is 4. The molecular formula is C29H24N4. The third-order valence-corrected chi connectivity index (χ3v) is 6.36. The summed E-state index contributed by atoms with van der Waals surface area (Å²) in [4.78, 5) is 0. The fourth-order valence-corrected chi connectivity index (χ4v) is 4.85. The number of benzene rings is 2. The molecule has 6 rings (SSSR count). The molecule has 0 bridgehead atoms. The van der Waals surface area contributed by atoms with E-state index >= 15 is 0 Å². The van der Waals surface area contributed by atoms with E-state index in [1.807, 2.05) is 33.6 Å². The molecule has 160 valence electrons. The summed E-state index contributed by atoms with van der Waals surface area (Å²) in [5.74, 6) is 0. The van der Waals surface area contributed by atoms with Gasteiger partial charge < -0.3 is 0 Å². The minimum Gasteiger partial charge on any atom is -0.240 e. The van der Waals surface area contributed by atoms with E-state index in [1.54, 1.807) is 0 Å². The van der Waals surface area contributed by atoms with Gasteiger partial charge in [-0.15, -0.1) is 0 Å². The molecule has 2 aromatic carbocycles. The Morgan fingerprint density at radius 1 is 0.545 bits per heavy atom. The van der Waals surface area contributed by atoms with Gasteiger partial charge in [0.25, 0.3) is 0 Å². The standard InChI is InChI=1S/C29H24N4/c1-20-11-9-17-32-28(20)24(26(30-32)22-13-5-3-6-14-22)19-25-27(23-15-7-4-8-16-23)31-33-18-10-12-21(2)29(25)33/h3-18H,19H2,1-2H3. The van der Waals surface area contributed by atoms with Crippen LogP contribution in [0.4, 0.5) is 0 Å². The zero-order valence-electron chi connectivity index (χ0n) is 18.7. The van der Waals surface area contributed by atoms with E-state index in [9.17, 15) is 0 Å². The lowest BCUT2D eigenvalue weighted by molar-refractivity contribution is 0.960. The molecule has 0 fully saturated rings. The number of hydrogen-bond donors (Lipinski definition) is 0. The average Bonchev–Trinajstić information content (AvgIpc) is 3.41. The van der Waals surface area contributed by atoms with Crippen molar-refractivity contribution in [2.24, 2.45) is 0 Å². The first kappa shape index (κ1) is 19.5. The van der Waals surface area contributed by atoms with Gasteiger partial charge in [0, 0.05) is 41.1 Å². The smallest absolute Gasteiger partial charge is 0.0969 e. The first-order valence-corrected chi connectivity index (χ1v) is 11.2. The summed E-state index contributed by atoms with van der Waals surface area (Å²) in [5.41, 5.74) is 11.5. The Kier molecular flexibility index (Phi) is 4.58. The molecule has 0 aliphatic heterocycles. The van der Waals surface area contributed by atoms with Crippen molar-refractivity contribution in [3.05, 3.63) is 120 Å². The van der Waals surface area contributed by atoms with E-state index in [2.05, 4.69) is 86.6 Å². The van der Waals surface area contributed by atoms with Crippen LogP contribution in [0.5, 0.6) is 0 Å². The van der Waals surface area contributed by atoms with Crippen LogP contribution in [0.25, 0.3) is 33.5 Å². The number of nitrogens with zero attached hydrogens (tertiary/aromatic N) is 4. The van der Waals surface area contributed by atoms with E-state index < -0.39 is 0 Å². The number of rotatable bonds is 4. The molecule has 0 aliphatic carbocycles. The Balaban J connectivity index is 1.65. The highest BCUT2D eigenvalue weighted by atomic mass is 15.2. The van der Waals surface area contributed by atoms with Crippen LogP contribution in [0.1, 0.15) is 22.3 Å². The van der Waals surface area contributed by atoms with Gasteiger partial charge in [-0.3, -0.25) is 0 Å². The summed E-state index contributed by atoms with van der Waals surface area (Å²) < 4.78 is 4.04. The van der Waals surface area contributed by atoms with Crippen LogP contribution in [-0.2, 0) is 6.42 Å². The normalized spacial score (nSPS) is 11.5. The third-order valence-electron chi connectivity index (χ3n) is 6.36. The van der Waals surface area contributed by atoms with Gasteiger partial charge in [-0.25, -0.2) is 9.03 Å². The Morgan fingerprint density at radius 2 is 0.970 bits per heavy atom. The molecule has 0 unspecified atom stereocenters. The Labute approximate surface area is 192 Å². The monoisotopic (exact) mass is 428 g/mol. The molecule has 4 aromatic heterocycles. The van der Waals surface area contributed by atoms with Crippen molar-refractivity contribution in [3.63, 3.8) is 0 Å². The van der Waals surface area contributed by atoms with Crippen LogP contribution in [0, 0.1) is 13.8 Å². The fraction of sp³-hybridized carbons (Fsp3) is 0.103. The highest BCUT2D eigenvalue weighted by Crippen LogP contribution is 2.35. The van der Waals surface area contributed by atoms with Crippen molar-refractivity contribution < 1.29 is 0 Å². The molecule has 0 N–H and O–H groups in total. The average molecular weight is 429 g/mol. The van der Waals surface area contributed by atoms with Gasteiger partial charge in [-0.2, -0.15) is 10.2 Å². The van der Waals surface area contributed by atoms with E-state index in [-0.39, 0.29) is 0 Å². The molecular weight excluding hydrogens is 404 g/mol. The zero-order valence-corrected chi connectivity index (χ0v) is 18.7. The van der Waals surface area contributed by atoms with Crippen LogP contribution in [0.15, 0.2) is 97.3 Å². The predicted octanol–water partition coefficient (Wildman–Crippen LogP) is 6.52. The van der Waals surface area contributed by atoms with Crippen LogP contribution in [0.3, 0.4) is 0 Å². The van der Waals surface area contributed by atoms with Crippen molar-refractivity contribution in [1.29, 1.82) is 0 Å². The number of aryl methyl sites for hydroxylation is 2. The van der Waals surface area contributed by atoms with Crippen molar-refractivity contribution in [2.45, 2.75) is 20.3 Å². The molecule has 4 heteroatoms. The third kappa shape index (κ3) is 3.23. The fourth-order valence-electron chi connectivity index (χ4n) is 4.85. The van der Waals surface area contributed by atoms with Crippen molar-refractivity contribution in [1.82, 2.24) is 19.2 Å². The lowest BCUT2D eigenvalue weighted by Gasteiger charge is -2.08. The molecule has 0 spiro atoms. The van der Waals surface area contributed by atoms with Gasteiger partial charge in [0.2, 0.25) is 0 Å². The quantitative estimate of drug-likeness (QED) is 0.320. The largest absolute Gasteiger partial charge is 0.240 e. The molecule has 0 atom stereocenters.